The van der Waals surface area contributed by atoms with Crippen molar-refractivity contribution in [3.63, 3.8) is 0 Å². The summed E-state index contributed by atoms with van der Waals surface area (Å²) in [7, 11) is 0. The molecule has 0 N–H and O–H groups in total. The van der Waals surface area contributed by atoms with E-state index in [9.17, 15) is 4.79 Å². The number of halogens is 2. The van der Waals surface area contributed by atoms with Gasteiger partial charge in [0, 0.05) is 21.2 Å². The molecule has 28 heavy (non-hydrogen) atoms. The molecule has 0 saturated heterocycles. The Morgan fingerprint density at radius 1 is 0.679 bits per heavy atom. The number of hydrogen-bond donors (Lipinski definition) is 0. The summed E-state index contributed by atoms with van der Waals surface area (Å²) in [4.78, 5) is 13.4. The molecule has 2 aromatic carbocycles. The lowest BCUT2D eigenvalue weighted by Crippen LogP contribution is -2.02. The second-order valence-electron chi connectivity index (χ2n) is 6.54. The molecule has 0 amide bonds. The van der Waals surface area contributed by atoms with Gasteiger partial charge in [-0.15, -0.1) is 0 Å². The first kappa shape index (κ1) is 18.6. The summed E-state index contributed by atoms with van der Waals surface area (Å²) >= 11 is 12.0. The topological polar surface area (TPSA) is 43.4 Å². The van der Waals surface area contributed by atoms with Gasteiger partial charge in [-0.25, -0.2) is 0 Å². The second kappa shape index (κ2) is 7.34. The number of carbonyl (C=O) groups is 1. The molecule has 0 bridgehead atoms. The molecule has 3 nitrogen and oxygen atoms in total. The van der Waals surface area contributed by atoms with E-state index in [0.717, 1.165) is 11.1 Å². The van der Waals surface area contributed by atoms with Crippen LogP contribution in [0.25, 0.3) is 22.3 Å². The van der Waals surface area contributed by atoms with Crippen molar-refractivity contribution in [3.05, 3.63) is 93.7 Å². The SMILES string of the molecule is Cc1cc(-c2ccc(Cl)cc2)c(C(=O)c2oc(C)cc2-c2ccc(Cl)cc2)o1. The highest BCUT2D eigenvalue weighted by Gasteiger charge is 2.26. The van der Waals surface area contributed by atoms with Crippen molar-refractivity contribution in [2.45, 2.75) is 13.8 Å². The highest BCUT2D eigenvalue weighted by molar-refractivity contribution is 6.31. The summed E-state index contributed by atoms with van der Waals surface area (Å²) in [6, 6.07) is 18.2. The quantitative estimate of drug-likeness (QED) is 0.330. The average Bonchev–Trinajstić information content (AvgIpc) is 3.25. The number of carbonyl (C=O) groups excluding carboxylic acids is 1. The Bertz CT molecular complexity index is 1060. The Labute approximate surface area is 172 Å². The Morgan fingerprint density at radius 3 is 1.39 bits per heavy atom. The third kappa shape index (κ3) is 3.51. The largest absolute Gasteiger partial charge is 0.457 e. The lowest BCUT2D eigenvalue weighted by molar-refractivity contribution is 0.0982. The predicted octanol–water partition coefficient (Wildman–Crippen LogP) is 7.36. The Morgan fingerprint density at radius 2 is 1.04 bits per heavy atom. The van der Waals surface area contributed by atoms with Gasteiger partial charge in [0.15, 0.2) is 11.5 Å². The molecular formula is C23H16Cl2O3. The van der Waals surface area contributed by atoms with Gasteiger partial charge in [0.05, 0.1) is 0 Å². The van der Waals surface area contributed by atoms with Crippen molar-refractivity contribution in [2.24, 2.45) is 0 Å². The lowest BCUT2D eigenvalue weighted by Gasteiger charge is -2.04. The van der Waals surface area contributed by atoms with E-state index in [4.69, 9.17) is 32.0 Å². The van der Waals surface area contributed by atoms with Crippen LogP contribution in [0.1, 0.15) is 27.8 Å². The van der Waals surface area contributed by atoms with Crippen LogP contribution >= 0.6 is 23.2 Å². The monoisotopic (exact) mass is 410 g/mol. The third-order valence-corrected chi connectivity index (χ3v) is 4.94. The first-order valence-electron chi connectivity index (χ1n) is 8.70. The zero-order chi connectivity index (χ0) is 19.8. The van der Waals surface area contributed by atoms with Crippen LogP contribution in [0.3, 0.4) is 0 Å². The normalized spacial score (nSPS) is 11.0. The van der Waals surface area contributed by atoms with E-state index in [2.05, 4.69) is 0 Å². The van der Waals surface area contributed by atoms with E-state index in [1.165, 1.54) is 0 Å². The standard InChI is InChI=1S/C23H16Cl2O3/c1-13-11-19(15-3-7-17(24)8-4-15)22(27-13)21(26)23-20(12-14(2)28-23)16-5-9-18(25)10-6-16/h3-12H,1-2H3. The molecule has 0 aliphatic rings. The molecule has 0 spiro atoms. The van der Waals surface area contributed by atoms with Gasteiger partial charge in [-0.3, -0.25) is 4.79 Å². The molecule has 0 fully saturated rings. The van der Waals surface area contributed by atoms with E-state index in [-0.39, 0.29) is 17.3 Å². The maximum atomic E-state index is 13.4. The van der Waals surface area contributed by atoms with Crippen LogP contribution in [0.5, 0.6) is 0 Å². The molecular weight excluding hydrogens is 395 g/mol. The summed E-state index contributed by atoms with van der Waals surface area (Å²) < 4.78 is 11.5. The number of hydrogen-bond acceptors (Lipinski definition) is 3. The van der Waals surface area contributed by atoms with Crippen LogP contribution in [0.2, 0.25) is 10.0 Å². The molecule has 2 heterocycles. The lowest BCUT2D eigenvalue weighted by atomic mass is 9.99. The van der Waals surface area contributed by atoms with Gasteiger partial charge in [-0.2, -0.15) is 0 Å². The smallest absolute Gasteiger partial charge is 0.264 e. The fourth-order valence-electron chi connectivity index (χ4n) is 3.16. The van der Waals surface area contributed by atoms with E-state index in [1.807, 2.05) is 50.2 Å². The number of aryl methyl sites for hydroxylation is 2. The fraction of sp³-hybridized carbons (Fsp3) is 0.0870. The number of benzene rings is 2. The molecule has 0 unspecified atom stereocenters. The summed E-state index contributed by atoms with van der Waals surface area (Å²) in [6.07, 6.45) is 0. The van der Waals surface area contributed by atoms with Gasteiger partial charge in [0.1, 0.15) is 11.5 Å². The molecule has 140 valence electrons. The molecule has 5 heteroatoms. The van der Waals surface area contributed by atoms with E-state index in [1.54, 1.807) is 24.3 Å². The van der Waals surface area contributed by atoms with Crippen molar-refractivity contribution in [3.8, 4) is 22.3 Å². The summed E-state index contributed by atoms with van der Waals surface area (Å²) in [5, 5.41) is 1.26. The minimum atomic E-state index is -0.309. The Kier molecular flexibility index (Phi) is 4.88. The van der Waals surface area contributed by atoms with E-state index in [0.29, 0.717) is 32.7 Å². The molecule has 0 radical (unpaired) electrons. The molecule has 0 aliphatic carbocycles. The molecule has 2 aromatic heterocycles. The van der Waals surface area contributed by atoms with Crippen molar-refractivity contribution < 1.29 is 13.6 Å². The van der Waals surface area contributed by atoms with Crippen LogP contribution < -0.4 is 0 Å². The fourth-order valence-corrected chi connectivity index (χ4v) is 3.41. The van der Waals surface area contributed by atoms with Crippen LogP contribution in [0.15, 0.2) is 69.5 Å². The van der Waals surface area contributed by atoms with Crippen molar-refractivity contribution in [1.82, 2.24) is 0 Å². The zero-order valence-electron chi connectivity index (χ0n) is 15.3. The number of furan rings is 2. The summed E-state index contributed by atoms with van der Waals surface area (Å²) in [6.45, 7) is 3.62. The van der Waals surface area contributed by atoms with Crippen molar-refractivity contribution >= 4 is 29.0 Å². The van der Waals surface area contributed by atoms with Gasteiger partial charge < -0.3 is 8.83 Å². The number of rotatable bonds is 4. The Balaban J connectivity index is 1.81. The predicted molar refractivity (Wildman–Crippen MR) is 111 cm³/mol. The van der Waals surface area contributed by atoms with Crippen LogP contribution in [0, 0.1) is 13.8 Å². The van der Waals surface area contributed by atoms with E-state index < -0.39 is 0 Å². The van der Waals surface area contributed by atoms with Crippen molar-refractivity contribution in [2.75, 3.05) is 0 Å². The van der Waals surface area contributed by atoms with Crippen LogP contribution in [0.4, 0.5) is 0 Å². The van der Waals surface area contributed by atoms with Gasteiger partial charge in [0.25, 0.3) is 5.78 Å². The molecule has 0 atom stereocenters. The third-order valence-electron chi connectivity index (χ3n) is 4.43. The minimum absolute atomic E-state index is 0.240. The van der Waals surface area contributed by atoms with Gasteiger partial charge in [0.2, 0.25) is 0 Å². The first-order chi connectivity index (χ1) is 13.4. The minimum Gasteiger partial charge on any atom is -0.457 e. The molecule has 4 rings (SSSR count). The number of ketones is 1. The average molecular weight is 411 g/mol. The van der Waals surface area contributed by atoms with Gasteiger partial charge >= 0.3 is 0 Å². The maximum Gasteiger partial charge on any atom is 0.264 e. The zero-order valence-corrected chi connectivity index (χ0v) is 16.8. The van der Waals surface area contributed by atoms with E-state index >= 15 is 0 Å². The van der Waals surface area contributed by atoms with Gasteiger partial charge in [-0.1, -0.05) is 47.5 Å². The highest BCUT2D eigenvalue weighted by atomic mass is 35.5. The summed E-state index contributed by atoms with van der Waals surface area (Å²) in [5.41, 5.74) is 3.10. The second-order valence-corrected chi connectivity index (χ2v) is 7.42. The van der Waals surface area contributed by atoms with Gasteiger partial charge in [-0.05, 0) is 61.4 Å². The molecule has 4 aromatic rings. The van der Waals surface area contributed by atoms with Crippen molar-refractivity contribution in [1.29, 1.82) is 0 Å². The first-order valence-corrected chi connectivity index (χ1v) is 9.45. The molecule has 0 saturated carbocycles. The Hall–Kier alpha value is -2.75. The summed E-state index contributed by atoms with van der Waals surface area (Å²) in [5.74, 6) is 1.46. The maximum absolute atomic E-state index is 13.4. The van der Waals surface area contributed by atoms with Crippen LogP contribution in [-0.2, 0) is 0 Å². The molecule has 0 aliphatic heterocycles. The highest BCUT2D eigenvalue weighted by Crippen LogP contribution is 2.34. The van der Waals surface area contributed by atoms with Crippen LogP contribution in [-0.4, -0.2) is 5.78 Å².